The van der Waals surface area contributed by atoms with Crippen LogP contribution in [0, 0.1) is 24.0 Å². The summed E-state index contributed by atoms with van der Waals surface area (Å²) in [5.74, 6) is -0.120. The fourth-order valence-corrected chi connectivity index (χ4v) is 3.56. The van der Waals surface area contributed by atoms with Crippen LogP contribution in [0.2, 0.25) is 0 Å². The molecular formula is C22H20N6O3. The van der Waals surface area contributed by atoms with E-state index in [1.54, 1.807) is 18.2 Å². The normalized spacial score (nSPS) is 12.0. The van der Waals surface area contributed by atoms with Crippen LogP contribution < -0.4 is 5.32 Å². The average molecular weight is 416 g/mol. The summed E-state index contributed by atoms with van der Waals surface area (Å²) in [6.45, 7) is 5.94. The van der Waals surface area contributed by atoms with Crippen LogP contribution in [0.25, 0.3) is 17.0 Å². The predicted octanol–water partition coefficient (Wildman–Crippen LogP) is 3.81. The number of non-ortho nitro benzene ring substituents is 1. The van der Waals surface area contributed by atoms with Crippen molar-refractivity contribution in [3.8, 4) is 11.3 Å². The van der Waals surface area contributed by atoms with E-state index >= 15 is 0 Å². The SMILES string of the molecule is Cc1ccc([C@H](C)NC(=O)c2cc(-c3cccc([N+](=O)[O-])c3)nc3ncnn23)c(C)c1. The van der Waals surface area contributed by atoms with Crippen molar-refractivity contribution in [3.05, 3.63) is 87.4 Å². The smallest absolute Gasteiger partial charge is 0.270 e. The molecule has 2 aromatic heterocycles. The average Bonchev–Trinajstić information content (AvgIpc) is 3.21. The van der Waals surface area contributed by atoms with Gasteiger partial charge in [-0.15, -0.1) is 0 Å². The number of aromatic nitrogens is 4. The maximum atomic E-state index is 13.1. The fraction of sp³-hybridized carbons (Fsp3) is 0.182. The Bertz CT molecular complexity index is 1310. The highest BCUT2D eigenvalue weighted by molar-refractivity contribution is 5.94. The van der Waals surface area contributed by atoms with Crippen LogP contribution in [0.15, 0.2) is 54.9 Å². The Hall–Kier alpha value is -4.14. The summed E-state index contributed by atoms with van der Waals surface area (Å²) in [6, 6.07) is 13.5. The van der Waals surface area contributed by atoms with E-state index in [1.165, 1.54) is 23.0 Å². The number of rotatable bonds is 5. The zero-order chi connectivity index (χ0) is 22.1. The highest BCUT2D eigenvalue weighted by atomic mass is 16.6. The van der Waals surface area contributed by atoms with Crippen molar-refractivity contribution in [2.24, 2.45) is 0 Å². The number of nitrogens with zero attached hydrogens (tertiary/aromatic N) is 5. The molecule has 0 aliphatic carbocycles. The second-order valence-corrected chi connectivity index (χ2v) is 7.36. The Morgan fingerprint density at radius 2 is 1.97 bits per heavy atom. The number of amides is 1. The van der Waals surface area contributed by atoms with Crippen molar-refractivity contribution >= 4 is 17.4 Å². The summed E-state index contributed by atoms with van der Waals surface area (Å²) in [7, 11) is 0. The van der Waals surface area contributed by atoms with Gasteiger partial charge in [0.1, 0.15) is 12.0 Å². The van der Waals surface area contributed by atoms with Crippen molar-refractivity contribution in [1.82, 2.24) is 24.9 Å². The van der Waals surface area contributed by atoms with Gasteiger partial charge in [0.05, 0.1) is 16.7 Å². The monoisotopic (exact) mass is 416 g/mol. The molecule has 4 aromatic rings. The van der Waals surface area contributed by atoms with Gasteiger partial charge in [-0.2, -0.15) is 14.6 Å². The first-order valence-electron chi connectivity index (χ1n) is 9.67. The third-order valence-electron chi connectivity index (χ3n) is 5.08. The lowest BCUT2D eigenvalue weighted by Gasteiger charge is -2.17. The van der Waals surface area contributed by atoms with Gasteiger partial charge in [-0.05, 0) is 38.0 Å². The first-order valence-corrected chi connectivity index (χ1v) is 9.67. The summed E-state index contributed by atoms with van der Waals surface area (Å²) in [6.07, 6.45) is 1.31. The minimum atomic E-state index is -0.474. The van der Waals surface area contributed by atoms with Crippen molar-refractivity contribution in [2.75, 3.05) is 0 Å². The zero-order valence-corrected chi connectivity index (χ0v) is 17.2. The largest absolute Gasteiger partial charge is 0.344 e. The maximum absolute atomic E-state index is 13.1. The van der Waals surface area contributed by atoms with Gasteiger partial charge >= 0.3 is 0 Å². The van der Waals surface area contributed by atoms with Gasteiger partial charge < -0.3 is 5.32 Å². The molecule has 9 heteroatoms. The molecule has 0 unspecified atom stereocenters. The van der Waals surface area contributed by atoms with Crippen LogP contribution >= 0.6 is 0 Å². The molecule has 1 amide bonds. The van der Waals surface area contributed by atoms with Crippen LogP contribution in [-0.2, 0) is 0 Å². The Labute approximate surface area is 177 Å². The van der Waals surface area contributed by atoms with Gasteiger partial charge in [0.15, 0.2) is 0 Å². The molecule has 0 aliphatic rings. The van der Waals surface area contributed by atoms with E-state index in [0.717, 1.165) is 16.7 Å². The number of nitro groups is 1. The quantitative estimate of drug-likeness (QED) is 0.391. The number of carbonyl (C=O) groups excluding carboxylic acids is 1. The molecule has 0 radical (unpaired) electrons. The van der Waals surface area contributed by atoms with Gasteiger partial charge in [0, 0.05) is 17.7 Å². The molecule has 31 heavy (non-hydrogen) atoms. The molecule has 1 N–H and O–H groups in total. The summed E-state index contributed by atoms with van der Waals surface area (Å²) in [4.78, 5) is 32.3. The van der Waals surface area contributed by atoms with Crippen molar-refractivity contribution in [2.45, 2.75) is 26.8 Å². The standard InChI is InChI=1S/C22H20N6O3/c1-13-7-8-18(14(2)9-13)15(3)25-21(29)20-11-19(26-22-23-12-24-27(20)22)16-5-4-6-17(10-16)28(30)31/h4-12,15H,1-3H3,(H,25,29)/t15-/m0/s1. The number of benzene rings is 2. The highest BCUT2D eigenvalue weighted by Crippen LogP contribution is 2.24. The molecule has 0 spiro atoms. The summed E-state index contributed by atoms with van der Waals surface area (Å²) in [5.41, 5.74) is 4.34. The molecule has 0 saturated heterocycles. The Balaban J connectivity index is 1.71. The van der Waals surface area contributed by atoms with Gasteiger partial charge in [-0.25, -0.2) is 4.98 Å². The van der Waals surface area contributed by atoms with Crippen LogP contribution in [0.3, 0.4) is 0 Å². The van der Waals surface area contributed by atoms with Crippen LogP contribution in [-0.4, -0.2) is 30.4 Å². The number of hydrogen-bond donors (Lipinski definition) is 1. The second kappa shape index (κ2) is 7.94. The van der Waals surface area contributed by atoms with E-state index in [-0.39, 0.29) is 29.1 Å². The lowest BCUT2D eigenvalue weighted by molar-refractivity contribution is -0.384. The molecule has 156 valence electrons. The first-order chi connectivity index (χ1) is 14.8. The molecule has 0 bridgehead atoms. The van der Waals surface area contributed by atoms with E-state index < -0.39 is 4.92 Å². The summed E-state index contributed by atoms with van der Waals surface area (Å²) in [5, 5.41) is 18.2. The summed E-state index contributed by atoms with van der Waals surface area (Å²) < 4.78 is 1.35. The van der Waals surface area contributed by atoms with E-state index in [4.69, 9.17) is 0 Å². The molecule has 0 saturated carbocycles. The van der Waals surface area contributed by atoms with Gasteiger partial charge in [0.25, 0.3) is 17.4 Å². The molecular weight excluding hydrogens is 396 g/mol. The van der Waals surface area contributed by atoms with E-state index in [1.807, 2.05) is 32.9 Å². The Morgan fingerprint density at radius 3 is 2.71 bits per heavy atom. The first kappa shape index (κ1) is 20.1. The van der Waals surface area contributed by atoms with Crippen LogP contribution in [0.5, 0.6) is 0 Å². The Kier molecular flexibility index (Phi) is 5.16. The number of hydrogen-bond acceptors (Lipinski definition) is 6. The van der Waals surface area contributed by atoms with E-state index in [0.29, 0.717) is 11.3 Å². The molecule has 9 nitrogen and oxygen atoms in total. The number of nitrogens with one attached hydrogen (secondary N) is 1. The van der Waals surface area contributed by atoms with Gasteiger partial charge in [-0.3, -0.25) is 14.9 Å². The minimum absolute atomic E-state index is 0.0601. The van der Waals surface area contributed by atoms with E-state index in [2.05, 4.69) is 26.4 Å². The van der Waals surface area contributed by atoms with Crippen molar-refractivity contribution < 1.29 is 9.72 Å². The maximum Gasteiger partial charge on any atom is 0.270 e. The summed E-state index contributed by atoms with van der Waals surface area (Å²) >= 11 is 0. The number of aryl methyl sites for hydroxylation is 2. The molecule has 4 rings (SSSR count). The number of fused-ring (bicyclic) bond motifs is 1. The third kappa shape index (κ3) is 3.97. The van der Waals surface area contributed by atoms with E-state index in [9.17, 15) is 14.9 Å². The zero-order valence-electron chi connectivity index (χ0n) is 17.2. The molecule has 0 aliphatic heterocycles. The number of carbonyl (C=O) groups is 1. The highest BCUT2D eigenvalue weighted by Gasteiger charge is 2.19. The van der Waals surface area contributed by atoms with Crippen LogP contribution in [0.1, 0.15) is 40.1 Å². The molecule has 0 fully saturated rings. The van der Waals surface area contributed by atoms with Gasteiger partial charge in [0.2, 0.25) is 0 Å². The molecule has 2 heterocycles. The van der Waals surface area contributed by atoms with Gasteiger partial charge in [-0.1, -0.05) is 35.9 Å². The van der Waals surface area contributed by atoms with Crippen LogP contribution in [0.4, 0.5) is 5.69 Å². The lowest BCUT2D eigenvalue weighted by atomic mass is 10.00. The van der Waals surface area contributed by atoms with Crippen molar-refractivity contribution in [3.63, 3.8) is 0 Å². The molecule has 1 atom stereocenters. The second-order valence-electron chi connectivity index (χ2n) is 7.36. The lowest BCUT2D eigenvalue weighted by Crippen LogP contribution is -2.29. The molecule has 2 aromatic carbocycles. The van der Waals surface area contributed by atoms with Crippen molar-refractivity contribution in [1.29, 1.82) is 0 Å². The number of nitro benzene ring substituents is 1. The third-order valence-corrected chi connectivity index (χ3v) is 5.08. The topological polar surface area (TPSA) is 115 Å². The predicted molar refractivity (Wildman–Crippen MR) is 115 cm³/mol. The Morgan fingerprint density at radius 1 is 1.16 bits per heavy atom. The minimum Gasteiger partial charge on any atom is -0.344 e. The fourth-order valence-electron chi connectivity index (χ4n) is 3.56.